The van der Waals surface area contributed by atoms with Crippen LogP contribution in [0.4, 0.5) is 10.1 Å². The van der Waals surface area contributed by atoms with Gasteiger partial charge in [0.25, 0.3) is 5.91 Å². The normalized spacial score (nSPS) is 19.5. The molecule has 7 nitrogen and oxygen atoms in total. The van der Waals surface area contributed by atoms with Crippen molar-refractivity contribution in [3.8, 4) is 5.75 Å². The summed E-state index contributed by atoms with van der Waals surface area (Å²) in [6.45, 7) is 5.63. The number of carboxylic acids is 1. The third-order valence-corrected chi connectivity index (χ3v) is 5.32. The van der Waals surface area contributed by atoms with Crippen molar-refractivity contribution in [1.29, 1.82) is 0 Å². The minimum absolute atomic E-state index is 0.0388. The number of anilines is 1. The Hall–Kier alpha value is -3.13. The number of rotatable bonds is 6. The Labute approximate surface area is 174 Å². The maximum atomic E-state index is 13.1. The first-order chi connectivity index (χ1) is 14.2. The smallest absolute Gasteiger partial charge is 0.339 e. The van der Waals surface area contributed by atoms with Crippen LogP contribution in [0.5, 0.6) is 5.75 Å². The standard InChI is InChI=1S/C22H26FN3O4/c1-14-11-26(15(2)10-25(14)12-16-3-5-17(23)6-4-16)21(27)13-30-20-8-7-18(24)9-19(20)22(28)29/h3-9,14-15H,10-13,24H2,1-2H3,(H,28,29). The van der Waals surface area contributed by atoms with Gasteiger partial charge in [-0.25, -0.2) is 9.18 Å². The van der Waals surface area contributed by atoms with Gasteiger partial charge in [-0.3, -0.25) is 9.69 Å². The van der Waals surface area contributed by atoms with Crippen LogP contribution in [-0.4, -0.2) is 58.6 Å². The molecule has 0 bridgehead atoms. The van der Waals surface area contributed by atoms with Crippen LogP contribution in [0.1, 0.15) is 29.8 Å². The van der Waals surface area contributed by atoms with Crippen LogP contribution in [0.3, 0.4) is 0 Å². The van der Waals surface area contributed by atoms with Gasteiger partial charge >= 0.3 is 5.97 Å². The van der Waals surface area contributed by atoms with E-state index in [-0.39, 0.29) is 41.7 Å². The fraction of sp³-hybridized carbons (Fsp3) is 0.364. The molecule has 1 saturated heterocycles. The highest BCUT2D eigenvalue weighted by atomic mass is 19.1. The average molecular weight is 415 g/mol. The number of nitrogens with two attached hydrogens (primary N) is 1. The van der Waals surface area contributed by atoms with E-state index in [1.807, 2.05) is 13.8 Å². The van der Waals surface area contributed by atoms with Crippen molar-refractivity contribution in [3.05, 3.63) is 59.4 Å². The van der Waals surface area contributed by atoms with Gasteiger partial charge < -0.3 is 20.5 Å². The number of piperazine rings is 1. The molecule has 160 valence electrons. The number of amides is 1. The molecule has 0 radical (unpaired) electrons. The summed E-state index contributed by atoms with van der Waals surface area (Å²) >= 11 is 0. The van der Waals surface area contributed by atoms with Crippen LogP contribution in [0.25, 0.3) is 0 Å². The Morgan fingerprint density at radius 3 is 2.50 bits per heavy atom. The van der Waals surface area contributed by atoms with E-state index in [4.69, 9.17) is 10.5 Å². The van der Waals surface area contributed by atoms with E-state index in [1.54, 1.807) is 17.0 Å². The largest absolute Gasteiger partial charge is 0.483 e. The van der Waals surface area contributed by atoms with E-state index < -0.39 is 5.97 Å². The number of ether oxygens (including phenoxy) is 1. The van der Waals surface area contributed by atoms with Crippen LogP contribution in [0.2, 0.25) is 0 Å². The van der Waals surface area contributed by atoms with Crippen LogP contribution in [0, 0.1) is 5.82 Å². The van der Waals surface area contributed by atoms with Crippen molar-refractivity contribution in [2.45, 2.75) is 32.5 Å². The molecular formula is C22H26FN3O4. The van der Waals surface area contributed by atoms with E-state index in [2.05, 4.69) is 4.90 Å². The van der Waals surface area contributed by atoms with E-state index in [9.17, 15) is 19.1 Å². The third kappa shape index (κ3) is 5.07. The predicted octanol–water partition coefficient (Wildman–Crippen LogP) is 2.61. The van der Waals surface area contributed by atoms with Crippen LogP contribution in [-0.2, 0) is 11.3 Å². The molecule has 8 heteroatoms. The highest BCUT2D eigenvalue weighted by Gasteiger charge is 2.32. The molecular weight excluding hydrogens is 389 g/mol. The summed E-state index contributed by atoms with van der Waals surface area (Å²) in [4.78, 5) is 28.1. The van der Waals surface area contributed by atoms with E-state index in [1.165, 1.54) is 30.3 Å². The molecule has 1 aliphatic heterocycles. The number of nitrogens with zero attached hydrogens (tertiary/aromatic N) is 2. The van der Waals surface area contributed by atoms with Crippen LogP contribution >= 0.6 is 0 Å². The minimum atomic E-state index is -1.17. The zero-order chi connectivity index (χ0) is 21.8. The quantitative estimate of drug-likeness (QED) is 0.704. The summed E-state index contributed by atoms with van der Waals surface area (Å²) in [6, 6.07) is 10.8. The van der Waals surface area contributed by atoms with E-state index in [0.29, 0.717) is 25.3 Å². The molecule has 0 aliphatic carbocycles. The second-order valence-corrected chi connectivity index (χ2v) is 7.65. The highest BCUT2D eigenvalue weighted by Crippen LogP contribution is 2.23. The Kier molecular flexibility index (Phi) is 6.56. The number of halogens is 1. The van der Waals surface area contributed by atoms with Gasteiger partial charge in [-0.1, -0.05) is 12.1 Å². The molecule has 2 atom stereocenters. The van der Waals surface area contributed by atoms with Crippen molar-refractivity contribution in [3.63, 3.8) is 0 Å². The van der Waals surface area contributed by atoms with E-state index in [0.717, 1.165) is 5.56 Å². The maximum absolute atomic E-state index is 13.1. The summed E-state index contributed by atoms with van der Waals surface area (Å²) in [5, 5.41) is 9.29. The molecule has 1 amide bonds. The maximum Gasteiger partial charge on any atom is 0.339 e. The summed E-state index contributed by atoms with van der Waals surface area (Å²) in [5.41, 5.74) is 6.88. The van der Waals surface area contributed by atoms with Crippen LogP contribution in [0.15, 0.2) is 42.5 Å². The number of carbonyl (C=O) groups is 2. The number of carboxylic acid groups (broad SMARTS) is 1. The molecule has 1 aliphatic rings. The summed E-state index contributed by atoms with van der Waals surface area (Å²) < 4.78 is 18.6. The van der Waals surface area contributed by atoms with Crippen molar-refractivity contribution in [2.24, 2.45) is 0 Å². The lowest BCUT2D eigenvalue weighted by atomic mass is 10.1. The number of nitrogen functional groups attached to an aromatic ring is 1. The number of carbonyl (C=O) groups excluding carboxylic acids is 1. The molecule has 2 unspecified atom stereocenters. The lowest BCUT2D eigenvalue weighted by molar-refractivity contribution is -0.139. The van der Waals surface area contributed by atoms with Gasteiger partial charge in [-0.05, 0) is 49.7 Å². The molecule has 1 fully saturated rings. The molecule has 3 rings (SSSR count). The molecule has 2 aromatic rings. The van der Waals surface area contributed by atoms with Crippen molar-refractivity contribution in [2.75, 3.05) is 25.4 Å². The Balaban J connectivity index is 1.60. The molecule has 0 spiro atoms. The topological polar surface area (TPSA) is 96.1 Å². The number of hydrogen-bond acceptors (Lipinski definition) is 5. The second-order valence-electron chi connectivity index (χ2n) is 7.65. The lowest BCUT2D eigenvalue weighted by Crippen LogP contribution is -2.58. The van der Waals surface area contributed by atoms with Crippen LogP contribution < -0.4 is 10.5 Å². The Morgan fingerprint density at radius 1 is 1.13 bits per heavy atom. The molecule has 3 N–H and O–H groups in total. The first kappa shape index (κ1) is 21.6. The lowest BCUT2D eigenvalue weighted by Gasteiger charge is -2.44. The fourth-order valence-electron chi connectivity index (χ4n) is 3.65. The molecule has 1 heterocycles. The summed E-state index contributed by atoms with van der Waals surface area (Å²) in [5.74, 6) is -1.52. The second kappa shape index (κ2) is 9.13. The molecule has 30 heavy (non-hydrogen) atoms. The molecule has 0 aromatic heterocycles. The predicted molar refractivity (Wildman–Crippen MR) is 111 cm³/mol. The Bertz CT molecular complexity index is 919. The number of benzene rings is 2. The van der Waals surface area contributed by atoms with Crippen molar-refractivity contribution < 1.29 is 23.8 Å². The fourth-order valence-corrected chi connectivity index (χ4v) is 3.65. The Morgan fingerprint density at radius 2 is 1.83 bits per heavy atom. The minimum Gasteiger partial charge on any atom is -0.483 e. The third-order valence-electron chi connectivity index (χ3n) is 5.32. The average Bonchev–Trinajstić information content (AvgIpc) is 2.70. The first-order valence-corrected chi connectivity index (χ1v) is 9.78. The summed E-state index contributed by atoms with van der Waals surface area (Å²) in [6.07, 6.45) is 0. The number of aromatic carboxylic acids is 1. The monoisotopic (exact) mass is 415 g/mol. The summed E-state index contributed by atoms with van der Waals surface area (Å²) in [7, 11) is 0. The molecule has 2 aromatic carbocycles. The first-order valence-electron chi connectivity index (χ1n) is 9.78. The van der Waals surface area contributed by atoms with Crippen molar-refractivity contribution in [1.82, 2.24) is 9.80 Å². The van der Waals surface area contributed by atoms with Gasteiger partial charge in [0, 0.05) is 37.4 Å². The van der Waals surface area contributed by atoms with Gasteiger partial charge in [0.05, 0.1) is 0 Å². The highest BCUT2D eigenvalue weighted by molar-refractivity contribution is 5.92. The van der Waals surface area contributed by atoms with Gasteiger partial charge in [-0.15, -0.1) is 0 Å². The molecule has 0 saturated carbocycles. The van der Waals surface area contributed by atoms with Crippen molar-refractivity contribution >= 4 is 17.6 Å². The van der Waals surface area contributed by atoms with Gasteiger partial charge in [0.15, 0.2) is 6.61 Å². The van der Waals surface area contributed by atoms with Gasteiger partial charge in [-0.2, -0.15) is 0 Å². The van der Waals surface area contributed by atoms with Gasteiger partial charge in [0.2, 0.25) is 0 Å². The van der Waals surface area contributed by atoms with Gasteiger partial charge in [0.1, 0.15) is 17.1 Å². The van der Waals surface area contributed by atoms with E-state index >= 15 is 0 Å². The zero-order valence-electron chi connectivity index (χ0n) is 17.0. The SMILES string of the molecule is CC1CN(C(=O)COc2ccc(N)cc2C(=O)O)C(C)CN1Cc1ccc(F)cc1. The zero-order valence-corrected chi connectivity index (χ0v) is 17.0. The number of hydrogen-bond donors (Lipinski definition) is 2.